The molecule has 8 nitrogen and oxygen atoms in total. The Morgan fingerprint density at radius 2 is 2.00 bits per heavy atom. The van der Waals surface area contributed by atoms with E-state index in [0.717, 1.165) is 10.1 Å². The molecule has 2 aromatic heterocycles. The van der Waals surface area contributed by atoms with Gasteiger partial charge in [0.15, 0.2) is 11.2 Å². The van der Waals surface area contributed by atoms with Crippen molar-refractivity contribution in [2.45, 2.75) is 13.5 Å². The van der Waals surface area contributed by atoms with Crippen molar-refractivity contribution in [1.82, 2.24) is 18.7 Å². The van der Waals surface area contributed by atoms with E-state index in [1.54, 1.807) is 11.6 Å². The number of allylic oxidation sites excluding steroid dienone is 1. The average molecular weight is 293 g/mol. The third-order valence-electron chi connectivity index (χ3n) is 3.17. The van der Waals surface area contributed by atoms with Gasteiger partial charge in [0.25, 0.3) is 5.56 Å². The maximum absolute atomic E-state index is 12.4. The highest BCUT2D eigenvalue weighted by Crippen LogP contribution is 2.16. The largest absolute Gasteiger partial charge is 0.395 e. The highest BCUT2D eigenvalue weighted by Gasteiger charge is 2.18. The smallest absolute Gasteiger partial charge is 0.332 e. The van der Waals surface area contributed by atoms with Crippen LogP contribution < -0.4 is 16.6 Å². The molecule has 2 rings (SSSR count). The molecule has 0 aliphatic rings. The van der Waals surface area contributed by atoms with Crippen molar-refractivity contribution in [1.29, 1.82) is 0 Å². The van der Waals surface area contributed by atoms with Gasteiger partial charge >= 0.3 is 5.69 Å². The van der Waals surface area contributed by atoms with Gasteiger partial charge in [0.1, 0.15) is 0 Å². The second-order valence-corrected chi connectivity index (χ2v) is 5.01. The molecule has 21 heavy (non-hydrogen) atoms. The van der Waals surface area contributed by atoms with Crippen LogP contribution in [0.2, 0.25) is 0 Å². The van der Waals surface area contributed by atoms with E-state index in [4.69, 9.17) is 5.11 Å². The normalized spacial score (nSPS) is 11.0. The van der Waals surface area contributed by atoms with Gasteiger partial charge in [-0.1, -0.05) is 12.2 Å². The maximum Gasteiger partial charge on any atom is 0.332 e. The van der Waals surface area contributed by atoms with Gasteiger partial charge in [-0.25, -0.2) is 4.79 Å². The number of fused-ring (bicyclic) bond motifs is 1. The van der Waals surface area contributed by atoms with Gasteiger partial charge in [-0.2, -0.15) is 4.98 Å². The lowest BCUT2D eigenvalue weighted by molar-refractivity contribution is 0.310. The van der Waals surface area contributed by atoms with Crippen LogP contribution in [0.1, 0.15) is 6.92 Å². The van der Waals surface area contributed by atoms with Gasteiger partial charge in [0.2, 0.25) is 5.95 Å². The number of hydrogen-bond acceptors (Lipinski definition) is 5. The van der Waals surface area contributed by atoms with Crippen molar-refractivity contribution in [2.24, 2.45) is 14.1 Å². The lowest BCUT2D eigenvalue weighted by Gasteiger charge is -2.09. The van der Waals surface area contributed by atoms with E-state index >= 15 is 0 Å². The van der Waals surface area contributed by atoms with Crippen LogP contribution in [0.5, 0.6) is 0 Å². The molecule has 0 saturated carbocycles. The SMILES string of the molecule is C=C(C)Cn1c(NCCO)nc2c1c(=O)n(C)c(=O)n2C. The predicted molar refractivity (Wildman–Crippen MR) is 80.6 cm³/mol. The molecule has 0 atom stereocenters. The predicted octanol–water partition coefficient (Wildman–Crippen LogP) is -0.586. The van der Waals surface area contributed by atoms with E-state index in [-0.39, 0.29) is 6.61 Å². The molecule has 0 radical (unpaired) electrons. The molecule has 0 fully saturated rings. The standard InChI is InChI=1S/C13H19N5O3/c1-8(2)7-18-9-10(15-12(18)14-5-6-19)16(3)13(21)17(4)11(9)20/h19H,1,5-7H2,2-4H3,(H,14,15). The molecule has 0 saturated heterocycles. The first-order chi connectivity index (χ1) is 9.88. The average Bonchev–Trinajstić information content (AvgIpc) is 2.78. The van der Waals surface area contributed by atoms with Crippen molar-refractivity contribution in [3.63, 3.8) is 0 Å². The summed E-state index contributed by atoms with van der Waals surface area (Å²) in [6, 6.07) is 0. The van der Waals surface area contributed by atoms with Crippen LogP contribution in [-0.4, -0.2) is 36.9 Å². The molecule has 0 spiro atoms. The first-order valence-corrected chi connectivity index (χ1v) is 6.53. The number of aliphatic hydroxyl groups is 1. The Kier molecular flexibility index (Phi) is 3.99. The Bertz CT molecular complexity index is 812. The van der Waals surface area contributed by atoms with Crippen molar-refractivity contribution in [3.05, 3.63) is 33.0 Å². The number of imidazole rings is 1. The molecule has 0 amide bonds. The van der Waals surface area contributed by atoms with Crippen LogP contribution in [0.15, 0.2) is 21.7 Å². The van der Waals surface area contributed by atoms with Crippen LogP contribution in [0.3, 0.4) is 0 Å². The summed E-state index contributed by atoms with van der Waals surface area (Å²) >= 11 is 0. The van der Waals surface area contributed by atoms with Crippen molar-refractivity contribution >= 4 is 17.1 Å². The fourth-order valence-electron chi connectivity index (χ4n) is 2.17. The Balaban J connectivity index is 2.83. The lowest BCUT2D eigenvalue weighted by atomic mass is 10.3. The zero-order valence-electron chi connectivity index (χ0n) is 12.4. The highest BCUT2D eigenvalue weighted by molar-refractivity contribution is 5.74. The number of nitrogens with one attached hydrogen (secondary N) is 1. The number of hydrogen-bond donors (Lipinski definition) is 2. The first-order valence-electron chi connectivity index (χ1n) is 6.53. The van der Waals surface area contributed by atoms with Crippen LogP contribution in [0.25, 0.3) is 11.2 Å². The zero-order chi connectivity index (χ0) is 15.7. The van der Waals surface area contributed by atoms with Crippen molar-refractivity contribution < 1.29 is 5.11 Å². The van der Waals surface area contributed by atoms with E-state index in [2.05, 4.69) is 16.9 Å². The number of aromatic nitrogens is 4. The lowest BCUT2D eigenvalue weighted by Crippen LogP contribution is -2.37. The maximum atomic E-state index is 12.4. The molecule has 0 aromatic carbocycles. The van der Waals surface area contributed by atoms with E-state index in [1.807, 2.05) is 6.92 Å². The molecule has 2 N–H and O–H groups in total. The summed E-state index contributed by atoms with van der Waals surface area (Å²) in [4.78, 5) is 28.6. The van der Waals surface area contributed by atoms with E-state index < -0.39 is 11.2 Å². The summed E-state index contributed by atoms with van der Waals surface area (Å²) in [5.41, 5.74) is 0.658. The summed E-state index contributed by atoms with van der Waals surface area (Å²) in [6.07, 6.45) is 0. The van der Waals surface area contributed by atoms with Crippen molar-refractivity contribution in [3.8, 4) is 0 Å². The number of anilines is 1. The van der Waals surface area contributed by atoms with Gasteiger partial charge in [-0.3, -0.25) is 13.9 Å². The van der Waals surface area contributed by atoms with E-state index in [0.29, 0.717) is 30.2 Å². The van der Waals surface area contributed by atoms with Crippen LogP contribution >= 0.6 is 0 Å². The summed E-state index contributed by atoms with van der Waals surface area (Å²) in [6.45, 7) is 6.33. The fourth-order valence-corrected chi connectivity index (χ4v) is 2.17. The number of aryl methyl sites for hydroxylation is 1. The number of rotatable bonds is 5. The topological polar surface area (TPSA) is 94.1 Å². The molecular formula is C13H19N5O3. The second-order valence-electron chi connectivity index (χ2n) is 5.01. The first kappa shape index (κ1) is 15.0. The molecule has 2 heterocycles. The monoisotopic (exact) mass is 293 g/mol. The Hall–Kier alpha value is -2.35. The molecule has 0 aliphatic carbocycles. The molecular weight excluding hydrogens is 274 g/mol. The summed E-state index contributed by atoms with van der Waals surface area (Å²) in [5.74, 6) is 0.431. The summed E-state index contributed by atoms with van der Waals surface area (Å²) < 4.78 is 4.06. The zero-order valence-corrected chi connectivity index (χ0v) is 12.4. The van der Waals surface area contributed by atoms with Crippen molar-refractivity contribution in [2.75, 3.05) is 18.5 Å². The third kappa shape index (κ3) is 2.49. The van der Waals surface area contributed by atoms with Gasteiger partial charge in [0, 0.05) is 27.2 Å². The quantitative estimate of drug-likeness (QED) is 0.719. The second kappa shape index (κ2) is 5.57. The summed E-state index contributed by atoms with van der Waals surface area (Å²) in [7, 11) is 3.00. The molecule has 0 unspecified atom stereocenters. The third-order valence-corrected chi connectivity index (χ3v) is 3.17. The van der Waals surface area contributed by atoms with Gasteiger partial charge < -0.3 is 15.0 Å². The fraction of sp³-hybridized carbons (Fsp3) is 0.462. The Morgan fingerprint density at radius 1 is 1.33 bits per heavy atom. The minimum Gasteiger partial charge on any atom is -0.395 e. The van der Waals surface area contributed by atoms with E-state index in [1.165, 1.54) is 11.6 Å². The minimum atomic E-state index is -0.429. The molecule has 8 heteroatoms. The summed E-state index contributed by atoms with van der Waals surface area (Å²) in [5, 5.41) is 11.9. The molecule has 2 aromatic rings. The van der Waals surface area contributed by atoms with Gasteiger partial charge in [0.05, 0.1) is 6.61 Å². The molecule has 114 valence electrons. The van der Waals surface area contributed by atoms with Gasteiger partial charge in [-0.15, -0.1) is 0 Å². The van der Waals surface area contributed by atoms with Crippen LogP contribution in [0.4, 0.5) is 5.95 Å². The molecule has 0 aliphatic heterocycles. The number of nitrogens with zero attached hydrogens (tertiary/aromatic N) is 4. The van der Waals surface area contributed by atoms with Gasteiger partial charge in [-0.05, 0) is 6.92 Å². The Morgan fingerprint density at radius 3 is 2.57 bits per heavy atom. The molecule has 0 bridgehead atoms. The number of aliphatic hydroxyl groups excluding tert-OH is 1. The van der Waals surface area contributed by atoms with Crippen LogP contribution in [0, 0.1) is 0 Å². The van der Waals surface area contributed by atoms with Crippen LogP contribution in [-0.2, 0) is 20.6 Å². The highest BCUT2D eigenvalue weighted by atomic mass is 16.3. The van der Waals surface area contributed by atoms with E-state index in [9.17, 15) is 9.59 Å². The Labute approximate surface area is 121 Å². The minimum absolute atomic E-state index is 0.0623.